The first-order valence-electron chi connectivity index (χ1n) is 8.18. The molecule has 2 aliphatic carbocycles. The Morgan fingerprint density at radius 1 is 1.11 bits per heavy atom. The fourth-order valence-corrected chi connectivity index (χ4v) is 4.00. The minimum atomic E-state index is 0.500. The van der Waals surface area contributed by atoms with Crippen molar-refractivity contribution >= 4 is 0 Å². The molecule has 1 N–H and O–H groups in total. The lowest BCUT2D eigenvalue weighted by Gasteiger charge is -2.58. The fraction of sp³-hybridized carbons (Fsp3) is 1.00. The van der Waals surface area contributed by atoms with Crippen molar-refractivity contribution in [2.24, 2.45) is 5.41 Å². The molecule has 0 heterocycles. The Morgan fingerprint density at radius 2 is 1.89 bits per heavy atom. The van der Waals surface area contributed by atoms with Crippen LogP contribution in [0.4, 0.5) is 0 Å². The molecule has 0 aromatic carbocycles. The Morgan fingerprint density at radius 3 is 2.56 bits per heavy atom. The maximum Gasteiger partial charge on any atom is 0.0661 e. The highest BCUT2D eigenvalue weighted by molar-refractivity contribution is 5.08. The van der Waals surface area contributed by atoms with E-state index in [1.54, 1.807) is 0 Å². The third kappa shape index (κ3) is 2.91. The largest absolute Gasteiger partial charge is 0.378 e. The summed E-state index contributed by atoms with van der Waals surface area (Å²) in [6, 6.07) is 0.742. The Bertz CT molecular complexity index is 235. The van der Waals surface area contributed by atoms with Crippen molar-refractivity contribution in [2.45, 2.75) is 83.8 Å². The SMILES string of the molecule is CCCCCNC1CC(OCC)C12CCCCC2. The van der Waals surface area contributed by atoms with E-state index in [1.165, 1.54) is 64.3 Å². The molecule has 0 radical (unpaired) electrons. The first kappa shape index (κ1) is 14.3. The normalized spacial score (nSPS) is 30.3. The number of nitrogens with one attached hydrogen (secondary N) is 1. The summed E-state index contributed by atoms with van der Waals surface area (Å²) in [4.78, 5) is 0. The first-order valence-corrected chi connectivity index (χ1v) is 8.18. The number of hydrogen-bond acceptors (Lipinski definition) is 2. The summed E-state index contributed by atoms with van der Waals surface area (Å²) in [5.74, 6) is 0. The number of unbranched alkanes of at least 4 members (excludes halogenated alkanes) is 2. The van der Waals surface area contributed by atoms with Gasteiger partial charge in [0.1, 0.15) is 0 Å². The molecule has 2 rings (SSSR count). The summed E-state index contributed by atoms with van der Waals surface area (Å²) in [5, 5.41) is 3.82. The highest BCUT2D eigenvalue weighted by Crippen LogP contribution is 2.53. The van der Waals surface area contributed by atoms with E-state index in [-0.39, 0.29) is 0 Å². The van der Waals surface area contributed by atoms with E-state index in [1.807, 2.05) is 0 Å². The molecule has 0 aliphatic heterocycles. The van der Waals surface area contributed by atoms with Gasteiger partial charge in [-0.25, -0.2) is 0 Å². The third-order valence-electron chi connectivity index (χ3n) is 5.11. The van der Waals surface area contributed by atoms with Gasteiger partial charge in [0.25, 0.3) is 0 Å². The van der Waals surface area contributed by atoms with E-state index in [0.717, 1.165) is 12.6 Å². The van der Waals surface area contributed by atoms with Crippen molar-refractivity contribution in [3.05, 3.63) is 0 Å². The monoisotopic (exact) mass is 253 g/mol. The zero-order valence-corrected chi connectivity index (χ0v) is 12.3. The van der Waals surface area contributed by atoms with Crippen LogP contribution in [0.1, 0.15) is 71.6 Å². The highest BCUT2D eigenvalue weighted by atomic mass is 16.5. The Balaban J connectivity index is 1.82. The summed E-state index contributed by atoms with van der Waals surface area (Å²) in [7, 11) is 0. The van der Waals surface area contributed by atoms with Crippen LogP contribution in [0.5, 0.6) is 0 Å². The Kier molecular flexibility index (Phi) is 5.50. The van der Waals surface area contributed by atoms with Gasteiger partial charge in [-0.15, -0.1) is 0 Å². The second-order valence-corrected chi connectivity index (χ2v) is 6.19. The molecule has 2 unspecified atom stereocenters. The zero-order valence-electron chi connectivity index (χ0n) is 12.3. The zero-order chi connectivity index (χ0) is 12.8. The van der Waals surface area contributed by atoms with E-state index in [0.29, 0.717) is 11.5 Å². The van der Waals surface area contributed by atoms with E-state index in [2.05, 4.69) is 19.2 Å². The summed E-state index contributed by atoms with van der Waals surface area (Å²) >= 11 is 0. The minimum absolute atomic E-state index is 0.500. The van der Waals surface area contributed by atoms with Gasteiger partial charge in [-0.3, -0.25) is 0 Å². The molecule has 2 nitrogen and oxygen atoms in total. The second kappa shape index (κ2) is 6.91. The van der Waals surface area contributed by atoms with Crippen molar-refractivity contribution in [3.8, 4) is 0 Å². The summed E-state index contributed by atoms with van der Waals surface area (Å²) in [5.41, 5.74) is 0.500. The molecule has 0 amide bonds. The average molecular weight is 253 g/mol. The second-order valence-electron chi connectivity index (χ2n) is 6.19. The molecule has 106 valence electrons. The fourth-order valence-electron chi connectivity index (χ4n) is 4.00. The Labute approximate surface area is 113 Å². The van der Waals surface area contributed by atoms with Crippen LogP contribution >= 0.6 is 0 Å². The van der Waals surface area contributed by atoms with Gasteiger partial charge in [-0.2, -0.15) is 0 Å². The van der Waals surface area contributed by atoms with Gasteiger partial charge in [-0.05, 0) is 39.2 Å². The van der Waals surface area contributed by atoms with Crippen molar-refractivity contribution in [1.82, 2.24) is 5.32 Å². The van der Waals surface area contributed by atoms with Crippen LogP contribution in [0.25, 0.3) is 0 Å². The number of ether oxygens (including phenoxy) is 1. The van der Waals surface area contributed by atoms with Gasteiger partial charge in [-0.1, -0.05) is 39.0 Å². The molecular weight excluding hydrogens is 222 g/mol. The van der Waals surface area contributed by atoms with Gasteiger partial charge in [0.2, 0.25) is 0 Å². The lowest BCUT2D eigenvalue weighted by Crippen LogP contribution is -2.64. The average Bonchev–Trinajstić information content (AvgIpc) is 2.42. The van der Waals surface area contributed by atoms with Crippen LogP contribution < -0.4 is 5.32 Å². The first-order chi connectivity index (χ1) is 8.83. The number of rotatable bonds is 7. The molecule has 2 atom stereocenters. The molecule has 18 heavy (non-hydrogen) atoms. The van der Waals surface area contributed by atoms with Crippen molar-refractivity contribution in [3.63, 3.8) is 0 Å². The van der Waals surface area contributed by atoms with Crippen molar-refractivity contribution in [1.29, 1.82) is 0 Å². The molecule has 0 saturated heterocycles. The predicted molar refractivity (Wildman–Crippen MR) is 76.9 cm³/mol. The molecule has 2 aliphatic rings. The summed E-state index contributed by atoms with van der Waals surface area (Å²) < 4.78 is 5.99. The quantitative estimate of drug-likeness (QED) is 0.695. The predicted octanol–water partition coefficient (Wildman–Crippen LogP) is 3.89. The van der Waals surface area contributed by atoms with Gasteiger partial charge >= 0.3 is 0 Å². The molecule has 1 spiro atoms. The van der Waals surface area contributed by atoms with Crippen LogP contribution in [0.15, 0.2) is 0 Å². The van der Waals surface area contributed by atoms with Crippen LogP contribution in [-0.4, -0.2) is 25.3 Å². The van der Waals surface area contributed by atoms with Crippen LogP contribution in [0.2, 0.25) is 0 Å². The lowest BCUT2D eigenvalue weighted by atomic mass is 9.55. The van der Waals surface area contributed by atoms with Crippen molar-refractivity contribution < 1.29 is 4.74 Å². The summed E-state index contributed by atoms with van der Waals surface area (Å²) in [6.07, 6.45) is 12.9. The van der Waals surface area contributed by atoms with E-state index >= 15 is 0 Å². The minimum Gasteiger partial charge on any atom is -0.378 e. The molecule has 2 saturated carbocycles. The topological polar surface area (TPSA) is 21.3 Å². The van der Waals surface area contributed by atoms with Gasteiger partial charge < -0.3 is 10.1 Å². The molecule has 2 fully saturated rings. The molecule has 0 aromatic rings. The van der Waals surface area contributed by atoms with Gasteiger partial charge in [0, 0.05) is 18.1 Å². The standard InChI is InChI=1S/C16H31NO/c1-3-5-9-12-17-14-13-15(18-4-2)16(14)10-7-6-8-11-16/h14-15,17H,3-13H2,1-2H3. The molecular formula is C16H31NO. The third-order valence-corrected chi connectivity index (χ3v) is 5.11. The van der Waals surface area contributed by atoms with E-state index in [9.17, 15) is 0 Å². The van der Waals surface area contributed by atoms with Crippen molar-refractivity contribution in [2.75, 3.05) is 13.2 Å². The van der Waals surface area contributed by atoms with Crippen LogP contribution in [0.3, 0.4) is 0 Å². The smallest absolute Gasteiger partial charge is 0.0661 e. The molecule has 0 bridgehead atoms. The lowest BCUT2D eigenvalue weighted by molar-refractivity contribution is -0.149. The highest BCUT2D eigenvalue weighted by Gasteiger charge is 2.55. The Hall–Kier alpha value is -0.0800. The summed E-state index contributed by atoms with van der Waals surface area (Å²) in [6.45, 7) is 6.50. The molecule has 2 heteroatoms. The van der Waals surface area contributed by atoms with Crippen LogP contribution in [0, 0.1) is 5.41 Å². The van der Waals surface area contributed by atoms with Gasteiger partial charge in [0.15, 0.2) is 0 Å². The molecule has 0 aromatic heterocycles. The maximum atomic E-state index is 5.99. The van der Waals surface area contributed by atoms with Gasteiger partial charge in [0.05, 0.1) is 6.10 Å². The number of hydrogen-bond donors (Lipinski definition) is 1. The maximum absolute atomic E-state index is 5.99. The van der Waals surface area contributed by atoms with Crippen LogP contribution in [-0.2, 0) is 4.74 Å². The van der Waals surface area contributed by atoms with E-state index < -0.39 is 0 Å². The van der Waals surface area contributed by atoms with E-state index in [4.69, 9.17) is 4.74 Å².